The molecule has 0 bridgehead atoms. The molecule has 6 N–H and O–H groups in total. The highest BCUT2D eigenvalue weighted by molar-refractivity contribution is 7.47. The van der Waals surface area contributed by atoms with Gasteiger partial charge < -0.3 is 35.2 Å². The standard InChI is InChI=1S/C41H54N4O10P2/c1-5-40(6-2,22-26(23-46)20-30-15-14-29-13-12-27-10-9-11-28-16-17-31(30)37(29)36(27)28)54-57(50,51)52-24-34-32(41(7-3,8-4)55-56(47,48)49)21-35(53-34)45-25-44-38-33(45)18-19-43-39(38)42/h9-19,25-26,32-35,38,46H,5-8,20-24H2,1-4H3,(H2,42,43)(H,50,51)(H2,47,48,49). The third kappa shape index (κ3) is 8.32. The number of nitrogens with two attached hydrogens (primary N) is 1. The Balaban J connectivity index is 1.10. The molecule has 4 aromatic rings. The van der Waals surface area contributed by atoms with E-state index in [1.807, 2.05) is 24.8 Å². The monoisotopic (exact) mass is 824 g/mol. The molecule has 0 amide bonds. The molecular formula is C41H54N4O10P2. The van der Waals surface area contributed by atoms with Gasteiger partial charge in [-0.05, 0) is 88.4 Å². The number of hydrogen-bond acceptors (Lipinski definition) is 11. The summed E-state index contributed by atoms with van der Waals surface area (Å²) in [6.45, 7) is 6.73. The highest BCUT2D eigenvalue weighted by atomic mass is 31.2. The Kier molecular flexibility index (Phi) is 12.1. The van der Waals surface area contributed by atoms with Crippen molar-refractivity contribution in [3.63, 3.8) is 0 Å². The SMILES string of the molecule is CCC(CC)(CC(CO)Cc1ccc2ccc3cccc4ccc1c2c34)OP(=O)(O)OCC1OC(N2C=NC3C(N)=NC=CC32)CC1C(CC)(CC)OP(=O)(O)O. The fourth-order valence-corrected chi connectivity index (χ4v) is 11.6. The quantitative estimate of drug-likeness (QED) is 0.0500. The number of aliphatic hydroxyl groups excluding tert-OH is 1. The van der Waals surface area contributed by atoms with E-state index in [0.29, 0.717) is 31.5 Å². The minimum absolute atomic E-state index is 0.160. The molecule has 0 spiro atoms. The highest BCUT2D eigenvalue weighted by Gasteiger charge is 2.54. The summed E-state index contributed by atoms with van der Waals surface area (Å²) in [6.07, 6.45) is 5.77. The van der Waals surface area contributed by atoms with Crippen molar-refractivity contribution in [1.82, 2.24) is 4.90 Å². The first kappa shape index (κ1) is 41.9. The predicted octanol–water partition coefficient (Wildman–Crippen LogP) is 7.18. The number of rotatable bonds is 18. The van der Waals surface area contributed by atoms with Crippen molar-refractivity contribution >= 4 is 60.1 Å². The van der Waals surface area contributed by atoms with E-state index in [2.05, 4.69) is 64.6 Å². The second kappa shape index (κ2) is 16.4. The molecule has 1 fully saturated rings. The summed E-state index contributed by atoms with van der Waals surface area (Å²) < 4.78 is 50.2. The van der Waals surface area contributed by atoms with Crippen LogP contribution in [0.3, 0.4) is 0 Å². The molecule has 3 heterocycles. The lowest BCUT2D eigenvalue weighted by atomic mass is 9.78. The third-order valence-corrected chi connectivity index (χ3v) is 14.3. The van der Waals surface area contributed by atoms with Crippen molar-refractivity contribution < 1.29 is 47.2 Å². The van der Waals surface area contributed by atoms with Gasteiger partial charge in [0.25, 0.3) is 0 Å². The number of aliphatic imine (C=N–C) groups is 2. The molecule has 7 rings (SSSR count). The molecule has 0 saturated carbocycles. The molecule has 3 aliphatic rings. The normalized spacial score (nSPS) is 24.5. The Morgan fingerprint density at radius 2 is 1.60 bits per heavy atom. The van der Waals surface area contributed by atoms with Crippen LogP contribution in [0.15, 0.2) is 76.9 Å². The van der Waals surface area contributed by atoms with Crippen molar-refractivity contribution in [3.05, 3.63) is 72.4 Å². The minimum atomic E-state index is -4.96. The first-order valence-electron chi connectivity index (χ1n) is 19.8. The lowest BCUT2D eigenvalue weighted by Crippen LogP contribution is -2.47. The molecule has 4 aromatic carbocycles. The molecular weight excluding hydrogens is 770 g/mol. The van der Waals surface area contributed by atoms with Gasteiger partial charge in [-0.15, -0.1) is 0 Å². The number of ether oxygens (including phenoxy) is 1. The van der Waals surface area contributed by atoms with Crippen molar-refractivity contribution in [2.75, 3.05) is 13.2 Å². The van der Waals surface area contributed by atoms with Gasteiger partial charge in [-0.25, -0.2) is 14.1 Å². The van der Waals surface area contributed by atoms with Gasteiger partial charge in [-0.1, -0.05) is 82.3 Å². The molecule has 1 saturated heterocycles. The van der Waals surface area contributed by atoms with Gasteiger partial charge in [-0.2, -0.15) is 0 Å². The fraction of sp³-hybridized carbons (Fsp3) is 0.512. The summed E-state index contributed by atoms with van der Waals surface area (Å²) in [5.41, 5.74) is 4.73. The zero-order valence-corrected chi connectivity index (χ0v) is 34.6. The van der Waals surface area contributed by atoms with Crippen LogP contribution in [0.25, 0.3) is 32.3 Å². The number of fused-ring (bicyclic) bond motifs is 1. The average molecular weight is 825 g/mol. The Morgan fingerprint density at radius 3 is 2.25 bits per heavy atom. The number of benzene rings is 4. The lowest BCUT2D eigenvalue weighted by Gasteiger charge is -2.39. The van der Waals surface area contributed by atoms with E-state index in [-0.39, 0.29) is 37.8 Å². The van der Waals surface area contributed by atoms with Gasteiger partial charge in [-0.3, -0.25) is 18.6 Å². The minimum Gasteiger partial charge on any atom is -0.396 e. The lowest BCUT2D eigenvalue weighted by molar-refractivity contribution is -0.0876. The van der Waals surface area contributed by atoms with E-state index in [9.17, 15) is 28.9 Å². The molecule has 57 heavy (non-hydrogen) atoms. The summed E-state index contributed by atoms with van der Waals surface area (Å²) in [6, 6.07) is 18.3. The topological polar surface area (TPSA) is 206 Å². The second-order valence-electron chi connectivity index (χ2n) is 15.7. The highest BCUT2D eigenvalue weighted by Crippen LogP contribution is 2.55. The zero-order chi connectivity index (χ0) is 40.8. The molecule has 3 aliphatic heterocycles. The fourth-order valence-electron chi connectivity index (χ4n) is 9.48. The largest absolute Gasteiger partial charge is 0.472 e. The molecule has 0 aromatic heterocycles. The van der Waals surface area contributed by atoms with Crippen LogP contribution in [0.4, 0.5) is 0 Å². The van der Waals surface area contributed by atoms with E-state index in [1.54, 1.807) is 26.4 Å². The van der Waals surface area contributed by atoms with Crippen molar-refractivity contribution in [1.29, 1.82) is 0 Å². The number of aliphatic hydroxyl groups is 1. The van der Waals surface area contributed by atoms with Crippen molar-refractivity contribution in [2.24, 2.45) is 27.6 Å². The number of nitrogens with zero attached hydrogens (tertiary/aromatic N) is 3. The van der Waals surface area contributed by atoms with Gasteiger partial charge in [0.2, 0.25) is 0 Å². The van der Waals surface area contributed by atoms with Gasteiger partial charge in [0, 0.05) is 25.1 Å². The number of hydrogen-bond donors (Lipinski definition) is 5. The van der Waals surface area contributed by atoms with Crippen LogP contribution >= 0.6 is 15.6 Å². The van der Waals surface area contributed by atoms with Crippen LogP contribution in [0.2, 0.25) is 0 Å². The molecule has 16 heteroatoms. The molecule has 7 atom stereocenters. The zero-order valence-electron chi connectivity index (χ0n) is 32.8. The maximum absolute atomic E-state index is 14.0. The third-order valence-electron chi connectivity index (χ3n) is 12.6. The number of phosphoric ester groups is 2. The first-order chi connectivity index (χ1) is 27.2. The van der Waals surface area contributed by atoms with Crippen LogP contribution in [-0.4, -0.2) is 85.7 Å². The molecule has 308 valence electrons. The van der Waals surface area contributed by atoms with E-state index in [0.717, 1.165) is 16.3 Å². The van der Waals surface area contributed by atoms with E-state index in [4.69, 9.17) is 24.0 Å². The molecule has 7 unspecified atom stereocenters. The second-order valence-corrected chi connectivity index (χ2v) is 18.2. The maximum Gasteiger partial charge on any atom is 0.472 e. The van der Waals surface area contributed by atoms with Gasteiger partial charge in [0.1, 0.15) is 18.1 Å². The predicted molar refractivity (Wildman–Crippen MR) is 221 cm³/mol. The Labute approximate surface area is 332 Å². The Hall–Kier alpha value is -3.26. The van der Waals surface area contributed by atoms with Crippen LogP contribution < -0.4 is 5.73 Å². The average Bonchev–Trinajstić information content (AvgIpc) is 3.83. The molecule has 0 radical (unpaired) electrons. The van der Waals surface area contributed by atoms with E-state index < -0.39 is 57.7 Å². The summed E-state index contributed by atoms with van der Waals surface area (Å²) in [7, 11) is -9.74. The summed E-state index contributed by atoms with van der Waals surface area (Å²) in [5.74, 6) is -0.614. The number of amidine groups is 1. The van der Waals surface area contributed by atoms with Gasteiger partial charge in [0.05, 0.1) is 36.3 Å². The van der Waals surface area contributed by atoms with E-state index >= 15 is 0 Å². The van der Waals surface area contributed by atoms with E-state index in [1.165, 1.54) is 21.5 Å². The summed E-state index contributed by atoms with van der Waals surface area (Å²) in [5, 5.41) is 17.7. The maximum atomic E-state index is 14.0. The van der Waals surface area contributed by atoms with Gasteiger partial charge >= 0.3 is 15.6 Å². The van der Waals surface area contributed by atoms with Crippen LogP contribution in [-0.2, 0) is 33.9 Å². The van der Waals surface area contributed by atoms with Crippen LogP contribution in [0.1, 0.15) is 71.8 Å². The summed E-state index contributed by atoms with van der Waals surface area (Å²) in [4.78, 5) is 41.9. The van der Waals surface area contributed by atoms with Crippen LogP contribution in [0.5, 0.6) is 0 Å². The summed E-state index contributed by atoms with van der Waals surface area (Å²) >= 11 is 0. The first-order valence-corrected chi connectivity index (χ1v) is 22.9. The smallest absolute Gasteiger partial charge is 0.396 e. The Morgan fingerprint density at radius 1 is 0.930 bits per heavy atom. The van der Waals surface area contributed by atoms with Crippen LogP contribution in [0, 0.1) is 11.8 Å². The van der Waals surface area contributed by atoms with Crippen molar-refractivity contribution in [2.45, 2.75) is 108 Å². The Bertz CT molecular complexity index is 2240. The number of phosphoric acid groups is 2. The van der Waals surface area contributed by atoms with Crippen molar-refractivity contribution in [3.8, 4) is 0 Å². The van der Waals surface area contributed by atoms with Gasteiger partial charge in [0.15, 0.2) is 0 Å². The molecule has 0 aliphatic carbocycles. The molecule has 14 nitrogen and oxygen atoms in total.